The van der Waals surface area contributed by atoms with E-state index in [0.29, 0.717) is 12.5 Å². The zero-order chi connectivity index (χ0) is 20.6. The normalized spacial score (nSPS) is 16.9. The fraction of sp³-hybridized carbons (Fsp3) is 0.458. The summed E-state index contributed by atoms with van der Waals surface area (Å²) in [6.07, 6.45) is 1.02. The van der Waals surface area contributed by atoms with Gasteiger partial charge in [0.2, 0.25) is 0 Å². The highest BCUT2D eigenvalue weighted by Gasteiger charge is 2.29. The monoisotopic (exact) mass is 396 g/mol. The third-order valence-electron chi connectivity index (χ3n) is 6.12. The number of benzene rings is 2. The molecule has 0 spiro atoms. The van der Waals surface area contributed by atoms with Crippen LogP contribution in [0.2, 0.25) is 0 Å². The van der Waals surface area contributed by atoms with Crippen LogP contribution < -0.4 is 19.9 Å². The number of amides is 1. The minimum absolute atomic E-state index is 0.0317. The van der Waals surface area contributed by atoms with Crippen molar-refractivity contribution in [3.63, 3.8) is 0 Å². The number of nitrogens with zero attached hydrogens (tertiary/aromatic N) is 1. The number of hydrogen-bond donors (Lipinski definition) is 2. The number of methoxy groups -OCH3 is 1. The van der Waals surface area contributed by atoms with Crippen LogP contribution in [0.15, 0.2) is 54.6 Å². The Morgan fingerprint density at radius 1 is 1.14 bits per heavy atom. The maximum absolute atomic E-state index is 12.8. The number of rotatable bonds is 8. The van der Waals surface area contributed by atoms with Crippen LogP contribution >= 0.6 is 0 Å². The van der Waals surface area contributed by atoms with Gasteiger partial charge in [-0.3, -0.25) is 4.79 Å². The van der Waals surface area contributed by atoms with Gasteiger partial charge in [-0.25, -0.2) is 0 Å². The molecule has 0 radical (unpaired) electrons. The van der Waals surface area contributed by atoms with E-state index in [0.717, 1.165) is 38.3 Å². The molecule has 5 heteroatoms. The molecule has 0 aliphatic carbocycles. The fourth-order valence-electron chi connectivity index (χ4n) is 4.08. The Morgan fingerprint density at radius 2 is 1.86 bits per heavy atom. The summed E-state index contributed by atoms with van der Waals surface area (Å²) in [4.78, 5) is 16.5. The molecule has 3 rings (SSSR count). The summed E-state index contributed by atoms with van der Waals surface area (Å²) >= 11 is 0. The first-order valence-electron chi connectivity index (χ1n) is 10.7. The van der Waals surface area contributed by atoms with Crippen LogP contribution in [0.3, 0.4) is 0 Å². The Bertz CT molecular complexity index is 773. The number of carbonyl (C=O) groups is 1. The number of anilines is 1. The molecule has 1 aliphatic rings. The summed E-state index contributed by atoms with van der Waals surface area (Å²) in [6, 6.07) is 18.6. The van der Waals surface area contributed by atoms with Crippen molar-refractivity contribution in [1.29, 1.82) is 0 Å². The van der Waals surface area contributed by atoms with Crippen molar-refractivity contribution in [3.8, 4) is 5.75 Å². The second kappa shape index (κ2) is 10.3. The van der Waals surface area contributed by atoms with E-state index in [2.05, 4.69) is 60.5 Å². The van der Waals surface area contributed by atoms with Gasteiger partial charge in [0.1, 0.15) is 5.75 Å². The van der Waals surface area contributed by atoms with Crippen molar-refractivity contribution >= 4 is 11.6 Å². The second-order valence-corrected chi connectivity index (χ2v) is 7.83. The summed E-state index contributed by atoms with van der Waals surface area (Å²) in [5.74, 6) is 1.41. The number of nitrogens with one attached hydrogen (secondary N) is 2. The summed E-state index contributed by atoms with van der Waals surface area (Å²) in [6.45, 7) is 8.74. The standard InChI is InChI=1S/C24H33N3O2/c1-4-20(21-9-6-5-7-10-21)18-25-24(28)19(2)26-13-15-27(16-14-26)22-11-8-12-23(17-22)29-3/h5-12,17,19-20H,4,13-16,18H2,1-3H3,(H,25,28)/p+1/t19-,20+/m0/s1. The first-order chi connectivity index (χ1) is 14.1. The van der Waals surface area contributed by atoms with E-state index in [1.165, 1.54) is 16.2 Å². The van der Waals surface area contributed by atoms with Crippen LogP contribution in [-0.2, 0) is 4.79 Å². The molecule has 0 unspecified atom stereocenters. The molecule has 1 fully saturated rings. The number of carbonyl (C=O) groups excluding carboxylic acids is 1. The summed E-state index contributed by atoms with van der Waals surface area (Å²) in [5.41, 5.74) is 2.48. The van der Waals surface area contributed by atoms with Crippen molar-refractivity contribution in [3.05, 3.63) is 60.2 Å². The maximum atomic E-state index is 12.8. The van der Waals surface area contributed by atoms with Gasteiger partial charge in [0.05, 0.1) is 33.3 Å². The molecule has 156 valence electrons. The average molecular weight is 397 g/mol. The topological polar surface area (TPSA) is 46.0 Å². The third-order valence-corrected chi connectivity index (χ3v) is 6.12. The lowest BCUT2D eigenvalue weighted by Crippen LogP contribution is -3.19. The highest BCUT2D eigenvalue weighted by Crippen LogP contribution is 2.21. The largest absolute Gasteiger partial charge is 0.497 e. The van der Waals surface area contributed by atoms with E-state index < -0.39 is 0 Å². The van der Waals surface area contributed by atoms with Gasteiger partial charge in [0, 0.05) is 24.2 Å². The van der Waals surface area contributed by atoms with Gasteiger partial charge in [0.25, 0.3) is 5.91 Å². The Morgan fingerprint density at radius 3 is 2.52 bits per heavy atom. The van der Waals surface area contributed by atoms with Gasteiger partial charge in [-0.1, -0.05) is 43.3 Å². The van der Waals surface area contributed by atoms with E-state index >= 15 is 0 Å². The highest BCUT2D eigenvalue weighted by atomic mass is 16.5. The Balaban J connectivity index is 1.49. The summed E-state index contributed by atoms with van der Waals surface area (Å²) in [7, 11) is 1.70. The number of hydrogen-bond acceptors (Lipinski definition) is 3. The maximum Gasteiger partial charge on any atom is 0.278 e. The molecular weight excluding hydrogens is 362 g/mol. The molecule has 1 aliphatic heterocycles. The molecule has 2 N–H and O–H groups in total. The molecule has 1 heterocycles. The molecule has 29 heavy (non-hydrogen) atoms. The predicted molar refractivity (Wildman–Crippen MR) is 118 cm³/mol. The van der Waals surface area contributed by atoms with E-state index in [1.54, 1.807) is 7.11 Å². The van der Waals surface area contributed by atoms with Crippen LogP contribution in [0, 0.1) is 0 Å². The molecule has 0 bridgehead atoms. The molecule has 2 atom stereocenters. The van der Waals surface area contributed by atoms with Crippen LogP contribution in [0.1, 0.15) is 31.7 Å². The molecule has 0 aromatic heterocycles. The highest BCUT2D eigenvalue weighted by molar-refractivity contribution is 5.80. The molecule has 0 saturated carbocycles. The second-order valence-electron chi connectivity index (χ2n) is 7.83. The fourth-order valence-corrected chi connectivity index (χ4v) is 4.08. The number of ether oxygens (including phenoxy) is 1. The van der Waals surface area contributed by atoms with Crippen LogP contribution in [0.5, 0.6) is 5.75 Å². The van der Waals surface area contributed by atoms with Crippen molar-refractivity contribution < 1.29 is 14.4 Å². The van der Waals surface area contributed by atoms with Crippen molar-refractivity contribution in [2.75, 3.05) is 44.7 Å². The molecule has 5 nitrogen and oxygen atoms in total. The molecular formula is C24H34N3O2+. The Labute approximate surface area is 174 Å². The Kier molecular flexibility index (Phi) is 7.53. The molecule has 2 aromatic rings. The third kappa shape index (κ3) is 5.51. The SMILES string of the molecule is CC[C@H](CNC(=O)[C@H](C)[NH+]1CCN(c2cccc(OC)c2)CC1)c1ccccc1. The minimum atomic E-state index is -0.0317. The van der Waals surface area contributed by atoms with Crippen molar-refractivity contribution in [2.24, 2.45) is 0 Å². The van der Waals surface area contributed by atoms with E-state index in [9.17, 15) is 4.79 Å². The predicted octanol–water partition coefficient (Wildman–Crippen LogP) is 2.10. The van der Waals surface area contributed by atoms with Gasteiger partial charge >= 0.3 is 0 Å². The van der Waals surface area contributed by atoms with Crippen molar-refractivity contribution in [1.82, 2.24) is 5.32 Å². The Hall–Kier alpha value is -2.53. The zero-order valence-corrected chi connectivity index (χ0v) is 17.9. The van der Waals surface area contributed by atoms with Crippen LogP contribution in [0.4, 0.5) is 5.69 Å². The number of quaternary nitrogens is 1. The lowest BCUT2D eigenvalue weighted by Gasteiger charge is -2.36. The lowest BCUT2D eigenvalue weighted by atomic mass is 9.96. The first-order valence-corrected chi connectivity index (χ1v) is 10.7. The van der Waals surface area contributed by atoms with E-state index in [-0.39, 0.29) is 11.9 Å². The molecule has 1 amide bonds. The minimum Gasteiger partial charge on any atom is -0.497 e. The number of piperazine rings is 1. The van der Waals surface area contributed by atoms with Gasteiger partial charge < -0.3 is 19.9 Å². The molecule has 2 aromatic carbocycles. The van der Waals surface area contributed by atoms with E-state index in [1.807, 2.05) is 18.2 Å². The van der Waals surface area contributed by atoms with Crippen molar-refractivity contribution in [2.45, 2.75) is 32.2 Å². The quantitative estimate of drug-likeness (QED) is 0.718. The zero-order valence-electron chi connectivity index (χ0n) is 17.9. The smallest absolute Gasteiger partial charge is 0.278 e. The first kappa shape index (κ1) is 21.2. The summed E-state index contributed by atoms with van der Waals surface area (Å²) in [5, 5.41) is 3.20. The average Bonchev–Trinajstić information content (AvgIpc) is 2.79. The summed E-state index contributed by atoms with van der Waals surface area (Å²) < 4.78 is 5.34. The van der Waals surface area contributed by atoms with Gasteiger partial charge in [-0.15, -0.1) is 0 Å². The van der Waals surface area contributed by atoms with E-state index in [4.69, 9.17) is 4.74 Å². The molecule has 1 saturated heterocycles. The van der Waals surface area contributed by atoms with Gasteiger partial charge in [0.15, 0.2) is 6.04 Å². The van der Waals surface area contributed by atoms with Crippen LogP contribution in [-0.4, -0.2) is 51.8 Å². The lowest BCUT2D eigenvalue weighted by molar-refractivity contribution is -0.914. The van der Waals surface area contributed by atoms with Crippen LogP contribution in [0.25, 0.3) is 0 Å². The van der Waals surface area contributed by atoms with Gasteiger partial charge in [-0.05, 0) is 31.0 Å². The van der Waals surface area contributed by atoms with Gasteiger partial charge in [-0.2, -0.15) is 0 Å².